The van der Waals surface area contributed by atoms with Gasteiger partial charge in [-0.15, -0.1) is 0 Å². The van der Waals surface area contributed by atoms with Crippen LogP contribution in [0.5, 0.6) is 0 Å². The molecule has 2 aromatic rings. The van der Waals surface area contributed by atoms with Gasteiger partial charge < -0.3 is 15.0 Å². The molecule has 0 amide bonds. The Morgan fingerprint density at radius 2 is 2.24 bits per heavy atom. The molecule has 1 heterocycles. The topological polar surface area (TPSA) is 50.1 Å². The van der Waals surface area contributed by atoms with Gasteiger partial charge in [-0.2, -0.15) is 0 Å². The average molecular weight is 233 g/mol. The molecule has 0 spiro atoms. The van der Waals surface area contributed by atoms with E-state index in [1.807, 2.05) is 7.05 Å². The van der Waals surface area contributed by atoms with Crippen molar-refractivity contribution in [1.29, 1.82) is 0 Å². The number of benzene rings is 1. The zero-order chi connectivity index (χ0) is 12.3. The summed E-state index contributed by atoms with van der Waals surface area (Å²) < 4.78 is 2.10. The standard InChI is InChI=1S/C13H19N3O/c1-10-3-4-12-11(9-10)15-13(5-6-14-2)16(12)7-8-17/h3-4,9,14,17H,5-8H2,1-2H3. The summed E-state index contributed by atoms with van der Waals surface area (Å²) in [6.07, 6.45) is 0.879. The van der Waals surface area contributed by atoms with Crippen molar-refractivity contribution < 1.29 is 5.11 Å². The van der Waals surface area contributed by atoms with Gasteiger partial charge in [0.2, 0.25) is 0 Å². The zero-order valence-electron chi connectivity index (χ0n) is 10.4. The van der Waals surface area contributed by atoms with Crippen LogP contribution in [0.25, 0.3) is 11.0 Å². The molecule has 4 heteroatoms. The maximum atomic E-state index is 9.14. The monoisotopic (exact) mass is 233 g/mol. The highest BCUT2D eigenvalue weighted by molar-refractivity contribution is 5.76. The van der Waals surface area contributed by atoms with Crippen molar-refractivity contribution in [3.63, 3.8) is 0 Å². The van der Waals surface area contributed by atoms with Crippen molar-refractivity contribution in [2.75, 3.05) is 20.2 Å². The third kappa shape index (κ3) is 2.48. The number of nitrogens with zero attached hydrogens (tertiary/aromatic N) is 2. The minimum absolute atomic E-state index is 0.145. The molecule has 1 aromatic carbocycles. The number of likely N-dealkylation sites (N-methyl/N-ethyl adjacent to an activating group) is 1. The zero-order valence-corrected chi connectivity index (χ0v) is 10.4. The summed E-state index contributed by atoms with van der Waals surface area (Å²) in [6.45, 7) is 3.72. The van der Waals surface area contributed by atoms with Gasteiger partial charge in [0.25, 0.3) is 0 Å². The molecule has 2 rings (SSSR count). The van der Waals surface area contributed by atoms with Crippen molar-refractivity contribution in [3.05, 3.63) is 29.6 Å². The number of hydrogen-bond donors (Lipinski definition) is 2. The van der Waals surface area contributed by atoms with Crippen molar-refractivity contribution in [2.24, 2.45) is 0 Å². The minimum Gasteiger partial charge on any atom is -0.395 e. The Morgan fingerprint density at radius 3 is 2.94 bits per heavy atom. The summed E-state index contributed by atoms with van der Waals surface area (Å²) in [4.78, 5) is 4.64. The summed E-state index contributed by atoms with van der Waals surface area (Å²) in [5, 5.41) is 12.3. The molecule has 0 unspecified atom stereocenters. The minimum atomic E-state index is 0.145. The first-order chi connectivity index (χ1) is 8.26. The number of aryl methyl sites for hydroxylation is 1. The Balaban J connectivity index is 2.45. The van der Waals surface area contributed by atoms with Gasteiger partial charge in [0.05, 0.1) is 17.6 Å². The molecule has 0 radical (unpaired) electrons. The third-order valence-electron chi connectivity index (χ3n) is 2.91. The van der Waals surface area contributed by atoms with Crippen LogP contribution in [0.4, 0.5) is 0 Å². The number of hydrogen-bond acceptors (Lipinski definition) is 3. The maximum absolute atomic E-state index is 9.14. The lowest BCUT2D eigenvalue weighted by molar-refractivity contribution is 0.276. The lowest BCUT2D eigenvalue weighted by Crippen LogP contribution is -2.15. The van der Waals surface area contributed by atoms with Crippen LogP contribution in [0.1, 0.15) is 11.4 Å². The van der Waals surface area contributed by atoms with E-state index < -0.39 is 0 Å². The fourth-order valence-electron chi connectivity index (χ4n) is 2.07. The van der Waals surface area contributed by atoms with Crippen molar-refractivity contribution in [1.82, 2.24) is 14.9 Å². The van der Waals surface area contributed by atoms with Crippen LogP contribution in [-0.2, 0) is 13.0 Å². The van der Waals surface area contributed by atoms with Gasteiger partial charge in [0, 0.05) is 19.5 Å². The molecule has 1 aromatic heterocycles. The van der Waals surface area contributed by atoms with E-state index in [1.165, 1.54) is 5.56 Å². The second-order valence-corrected chi connectivity index (χ2v) is 4.25. The van der Waals surface area contributed by atoms with Crippen LogP contribution < -0.4 is 5.32 Å². The van der Waals surface area contributed by atoms with E-state index >= 15 is 0 Å². The second kappa shape index (κ2) is 5.29. The Kier molecular flexibility index (Phi) is 3.76. The largest absolute Gasteiger partial charge is 0.395 e. The van der Waals surface area contributed by atoms with E-state index in [0.717, 1.165) is 29.8 Å². The van der Waals surface area contributed by atoms with E-state index in [9.17, 15) is 0 Å². The van der Waals surface area contributed by atoms with Gasteiger partial charge in [-0.05, 0) is 31.7 Å². The van der Waals surface area contributed by atoms with Gasteiger partial charge in [-0.25, -0.2) is 4.98 Å². The molecular weight excluding hydrogens is 214 g/mol. The SMILES string of the molecule is CNCCc1nc2cc(C)ccc2n1CCO. The molecule has 4 nitrogen and oxygen atoms in total. The van der Waals surface area contributed by atoms with Gasteiger partial charge >= 0.3 is 0 Å². The van der Waals surface area contributed by atoms with Gasteiger partial charge in [0.15, 0.2) is 0 Å². The third-order valence-corrected chi connectivity index (χ3v) is 2.91. The normalized spacial score (nSPS) is 11.2. The summed E-state index contributed by atoms with van der Waals surface area (Å²) in [5.41, 5.74) is 3.34. The van der Waals surface area contributed by atoms with E-state index in [1.54, 1.807) is 0 Å². The van der Waals surface area contributed by atoms with Crippen LogP contribution in [-0.4, -0.2) is 34.9 Å². The summed E-state index contributed by atoms with van der Waals surface area (Å²) >= 11 is 0. The average Bonchev–Trinajstić information content (AvgIpc) is 2.64. The molecular formula is C13H19N3O. The number of aliphatic hydroxyl groups excluding tert-OH is 1. The number of aromatic nitrogens is 2. The fourth-order valence-corrected chi connectivity index (χ4v) is 2.07. The Bertz CT molecular complexity index is 505. The van der Waals surface area contributed by atoms with Crippen LogP contribution >= 0.6 is 0 Å². The molecule has 92 valence electrons. The highest BCUT2D eigenvalue weighted by Crippen LogP contribution is 2.18. The Labute approximate surface area is 101 Å². The Hall–Kier alpha value is -1.39. The molecule has 2 N–H and O–H groups in total. The summed E-state index contributed by atoms with van der Waals surface area (Å²) in [5.74, 6) is 1.04. The Morgan fingerprint density at radius 1 is 1.41 bits per heavy atom. The first-order valence-electron chi connectivity index (χ1n) is 5.97. The lowest BCUT2D eigenvalue weighted by atomic mass is 10.2. The van der Waals surface area contributed by atoms with E-state index in [-0.39, 0.29) is 6.61 Å². The van der Waals surface area contributed by atoms with Crippen molar-refractivity contribution >= 4 is 11.0 Å². The summed E-state index contributed by atoms with van der Waals surface area (Å²) in [6, 6.07) is 6.25. The molecule has 0 aliphatic rings. The van der Waals surface area contributed by atoms with Crippen LogP contribution in [0, 0.1) is 6.92 Å². The molecule has 0 saturated heterocycles. The number of imidazole rings is 1. The molecule has 17 heavy (non-hydrogen) atoms. The van der Waals surface area contributed by atoms with Crippen LogP contribution in [0.15, 0.2) is 18.2 Å². The molecule has 0 aliphatic heterocycles. The van der Waals surface area contributed by atoms with E-state index in [4.69, 9.17) is 5.11 Å². The fraction of sp³-hybridized carbons (Fsp3) is 0.462. The van der Waals surface area contributed by atoms with Crippen molar-refractivity contribution in [3.8, 4) is 0 Å². The number of nitrogens with one attached hydrogen (secondary N) is 1. The van der Waals surface area contributed by atoms with Crippen LogP contribution in [0.2, 0.25) is 0 Å². The molecule has 0 saturated carbocycles. The van der Waals surface area contributed by atoms with Gasteiger partial charge in [-0.3, -0.25) is 0 Å². The highest BCUT2D eigenvalue weighted by atomic mass is 16.3. The predicted molar refractivity (Wildman–Crippen MR) is 69.2 cm³/mol. The molecule has 0 bridgehead atoms. The predicted octanol–water partition coefficient (Wildman–Crippen LogP) is 1.10. The van der Waals surface area contributed by atoms with E-state index in [2.05, 4.69) is 40.0 Å². The molecule has 0 atom stereocenters. The molecule has 0 fully saturated rings. The van der Waals surface area contributed by atoms with E-state index in [0.29, 0.717) is 6.54 Å². The summed E-state index contributed by atoms with van der Waals surface area (Å²) in [7, 11) is 1.93. The van der Waals surface area contributed by atoms with Gasteiger partial charge in [-0.1, -0.05) is 6.07 Å². The quantitative estimate of drug-likeness (QED) is 0.813. The maximum Gasteiger partial charge on any atom is 0.111 e. The molecule has 0 aliphatic carbocycles. The smallest absolute Gasteiger partial charge is 0.111 e. The highest BCUT2D eigenvalue weighted by Gasteiger charge is 2.09. The first-order valence-corrected chi connectivity index (χ1v) is 5.97. The first kappa shape index (κ1) is 12.1. The van der Waals surface area contributed by atoms with Crippen LogP contribution in [0.3, 0.4) is 0 Å². The second-order valence-electron chi connectivity index (χ2n) is 4.25. The van der Waals surface area contributed by atoms with Gasteiger partial charge in [0.1, 0.15) is 5.82 Å². The number of aliphatic hydroxyl groups is 1. The lowest BCUT2D eigenvalue weighted by Gasteiger charge is -2.06. The number of rotatable bonds is 5. The number of fused-ring (bicyclic) bond motifs is 1. The van der Waals surface area contributed by atoms with Crippen molar-refractivity contribution in [2.45, 2.75) is 19.9 Å².